The van der Waals surface area contributed by atoms with Gasteiger partial charge in [0.25, 0.3) is 0 Å². The van der Waals surface area contributed by atoms with E-state index in [1.54, 1.807) is 4.68 Å². The number of hydrogen-bond donors (Lipinski definition) is 1. The molecule has 3 rings (SSSR count). The van der Waals surface area contributed by atoms with Crippen molar-refractivity contribution in [1.82, 2.24) is 14.7 Å². The molecule has 0 saturated carbocycles. The fourth-order valence-corrected chi connectivity index (χ4v) is 2.71. The Morgan fingerprint density at radius 1 is 1.30 bits per heavy atom. The Bertz CT molecular complexity index is 623. The van der Waals surface area contributed by atoms with Gasteiger partial charge in [-0.1, -0.05) is 18.2 Å². The van der Waals surface area contributed by atoms with Crippen LogP contribution in [0.15, 0.2) is 36.7 Å². The first-order valence-corrected chi connectivity index (χ1v) is 7.91. The highest BCUT2D eigenvalue weighted by molar-refractivity contribution is 5.69. The fraction of sp³-hybridized carbons (Fsp3) is 0.471. The van der Waals surface area contributed by atoms with Crippen molar-refractivity contribution in [2.45, 2.75) is 6.10 Å². The van der Waals surface area contributed by atoms with Crippen LogP contribution in [0.1, 0.15) is 0 Å². The summed E-state index contributed by atoms with van der Waals surface area (Å²) in [6.45, 7) is 4.08. The summed E-state index contributed by atoms with van der Waals surface area (Å²) >= 11 is 0. The summed E-state index contributed by atoms with van der Waals surface area (Å²) in [4.78, 5) is 2.20. The number of ether oxygens (including phenoxy) is 2. The molecule has 124 valence electrons. The zero-order valence-electron chi connectivity index (χ0n) is 13.4. The minimum atomic E-state index is -0.518. The molecule has 1 N–H and O–H groups in total. The second kappa shape index (κ2) is 7.59. The van der Waals surface area contributed by atoms with Crippen LogP contribution in [0.25, 0.3) is 11.1 Å². The van der Waals surface area contributed by atoms with Crippen molar-refractivity contribution in [3.63, 3.8) is 0 Å². The average Bonchev–Trinajstić information content (AvgIpc) is 3.00. The molecule has 0 radical (unpaired) electrons. The topological polar surface area (TPSA) is 59.8 Å². The van der Waals surface area contributed by atoms with Crippen LogP contribution in [0.5, 0.6) is 5.75 Å². The molecule has 2 heterocycles. The number of rotatable bonds is 6. The molecule has 2 aromatic rings. The van der Waals surface area contributed by atoms with Crippen LogP contribution in [0.2, 0.25) is 0 Å². The quantitative estimate of drug-likeness (QED) is 0.866. The molecule has 1 aliphatic rings. The van der Waals surface area contributed by atoms with Gasteiger partial charge in [-0.3, -0.25) is 9.58 Å². The Balaban J connectivity index is 1.59. The van der Waals surface area contributed by atoms with E-state index in [1.807, 2.05) is 43.7 Å². The zero-order valence-corrected chi connectivity index (χ0v) is 13.4. The number of aryl methyl sites for hydroxylation is 1. The van der Waals surface area contributed by atoms with Gasteiger partial charge in [0.05, 0.1) is 19.4 Å². The van der Waals surface area contributed by atoms with Gasteiger partial charge >= 0.3 is 0 Å². The normalized spacial score (nSPS) is 17.1. The van der Waals surface area contributed by atoms with Crippen molar-refractivity contribution in [2.75, 3.05) is 39.5 Å². The molecule has 1 aromatic carbocycles. The van der Waals surface area contributed by atoms with Crippen molar-refractivity contribution in [3.8, 4) is 16.9 Å². The van der Waals surface area contributed by atoms with E-state index in [2.05, 4.69) is 10.00 Å². The molecule has 0 amide bonds. The van der Waals surface area contributed by atoms with Gasteiger partial charge in [-0.25, -0.2) is 0 Å². The van der Waals surface area contributed by atoms with Crippen LogP contribution < -0.4 is 4.74 Å². The summed E-state index contributed by atoms with van der Waals surface area (Å²) in [5.41, 5.74) is 1.99. The van der Waals surface area contributed by atoms with Gasteiger partial charge < -0.3 is 14.6 Å². The van der Waals surface area contributed by atoms with E-state index in [9.17, 15) is 5.11 Å². The minimum Gasteiger partial charge on any atom is -0.490 e. The number of aliphatic hydroxyl groups excluding tert-OH is 1. The summed E-state index contributed by atoms with van der Waals surface area (Å²) in [5.74, 6) is 0.765. The van der Waals surface area contributed by atoms with Gasteiger partial charge in [0.2, 0.25) is 0 Å². The number of benzene rings is 1. The maximum atomic E-state index is 10.2. The lowest BCUT2D eigenvalue weighted by molar-refractivity contribution is 0.00471. The number of aromatic nitrogens is 2. The van der Waals surface area contributed by atoms with Crippen molar-refractivity contribution >= 4 is 0 Å². The Morgan fingerprint density at radius 2 is 2.09 bits per heavy atom. The molecule has 6 heteroatoms. The smallest absolute Gasteiger partial charge is 0.127 e. The maximum Gasteiger partial charge on any atom is 0.127 e. The Morgan fingerprint density at radius 3 is 2.83 bits per heavy atom. The van der Waals surface area contributed by atoms with Crippen LogP contribution in [0.3, 0.4) is 0 Å². The second-order valence-corrected chi connectivity index (χ2v) is 5.78. The molecule has 1 aliphatic heterocycles. The molecule has 6 nitrogen and oxygen atoms in total. The standard InChI is InChI=1S/C17H23N3O3/c1-19-11-14(10-18-19)16-4-2-3-5-17(16)23-13-15(21)12-20-6-8-22-9-7-20/h2-5,10-11,15,21H,6-9,12-13H2,1H3. The third kappa shape index (κ3) is 4.31. The summed E-state index contributed by atoms with van der Waals surface area (Å²) in [6.07, 6.45) is 3.24. The number of nitrogens with zero attached hydrogens (tertiary/aromatic N) is 3. The lowest BCUT2D eigenvalue weighted by Crippen LogP contribution is -2.42. The Hall–Kier alpha value is -1.89. The predicted octanol–water partition coefficient (Wildman–Crippen LogP) is 1.16. The number of hydrogen-bond acceptors (Lipinski definition) is 5. The number of aliphatic hydroxyl groups is 1. The number of morpholine rings is 1. The number of para-hydroxylation sites is 1. The fourth-order valence-electron chi connectivity index (χ4n) is 2.71. The highest BCUT2D eigenvalue weighted by atomic mass is 16.5. The van der Waals surface area contributed by atoms with E-state index < -0.39 is 6.10 Å². The van der Waals surface area contributed by atoms with Gasteiger partial charge in [-0.2, -0.15) is 5.10 Å². The molecular weight excluding hydrogens is 294 g/mol. The van der Waals surface area contributed by atoms with Gasteiger partial charge in [0.15, 0.2) is 0 Å². The lowest BCUT2D eigenvalue weighted by Gasteiger charge is -2.28. The van der Waals surface area contributed by atoms with Crippen LogP contribution >= 0.6 is 0 Å². The van der Waals surface area contributed by atoms with Crippen molar-refractivity contribution < 1.29 is 14.6 Å². The molecule has 1 saturated heterocycles. The molecule has 1 fully saturated rings. The van der Waals surface area contributed by atoms with Crippen LogP contribution in [-0.4, -0.2) is 65.3 Å². The monoisotopic (exact) mass is 317 g/mol. The van der Waals surface area contributed by atoms with E-state index in [4.69, 9.17) is 9.47 Å². The van der Waals surface area contributed by atoms with Gasteiger partial charge in [-0.05, 0) is 6.07 Å². The van der Waals surface area contributed by atoms with E-state index in [-0.39, 0.29) is 6.61 Å². The largest absolute Gasteiger partial charge is 0.490 e. The summed E-state index contributed by atoms with van der Waals surface area (Å²) in [6, 6.07) is 7.83. The van der Waals surface area contributed by atoms with Crippen LogP contribution in [-0.2, 0) is 11.8 Å². The third-order valence-corrected chi connectivity index (χ3v) is 3.91. The second-order valence-electron chi connectivity index (χ2n) is 5.78. The van der Waals surface area contributed by atoms with Gasteiger partial charge in [0, 0.05) is 44.0 Å². The maximum absolute atomic E-state index is 10.2. The third-order valence-electron chi connectivity index (χ3n) is 3.91. The van der Waals surface area contributed by atoms with E-state index in [0.29, 0.717) is 6.54 Å². The Kier molecular flexibility index (Phi) is 5.27. The van der Waals surface area contributed by atoms with Crippen molar-refractivity contribution in [1.29, 1.82) is 0 Å². The summed E-state index contributed by atoms with van der Waals surface area (Å²) < 4.78 is 12.9. The van der Waals surface area contributed by atoms with Crippen molar-refractivity contribution in [2.24, 2.45) is 7.05 Å². The first kappa shape index (κ1) is 16.0. The molecule has 1 unspecified atom stereocenters. The number of β-amino-alcohol motifs (C(OH)–C–C–N with tert-alkyl or cyclic N) is 1. The van der Waals surface area contributed by atoms with Gasteiger partial charge in [0.1, 0.15) is 18.5 Å². The van der Waals surface area contributed by atoms with E-state index >= 15 is 0 Å². The minimum absolute atomic E-state index is 0.272. The molecule has 1 atom stereocenters. The first-order chi connectivity index (χ1) is 11.2. The molecule has 1 aromatic heterocycles. The SMILES string of the molecule is Cn1cc(-c2ccccc2OCC(O)CN2CCOCC2)cn1. The van der Waals surface area contributed by atoms with Gasteiger partial charge in [-0.15, -0.1) is 0 Å². The Labute approximate surface area is 136 Å². The average molecular weight is 317 g/mol. The predicted molar refractivity (Wildman–Crippen MR) is 87.4 cm³/mol. The van der Waals surface area contributed by atoms with Crippen LogP contribution in [0.4, 0.5) is 0 Å². The highest BCUT2D eigenvalue weighted by Crippen LogP contribution is 2.29. The van der Waals surface area contributed by atoms with E-state index in [0.717, 1.165) is 43.2 Å². The molecular formula is C17H23N3O3. The zero-order chi connectivity index (χ0) is 16.1. The molecule has 23 heavy (non-hydrogen) atoms. The molecule has 0 spiro atoms. The van der Waals surface area contributed by atoms with E-state index in [1.165, 1.54) is 0 Å². The summed E-state index contributed by atoms with van der Waals surface area (Å²) in [7, 11) is 1.89. The molecule has 0 aliphatic carbocycles. The summed E-state index contributed by atoms with van der Waals surface area (Å²) in [5, 5.41) is 14.4. The van der Waals surface area contributed by atoms with Crippen molar-refractivity contribution in [3.05, 3.63) is 36.7 Å². The highest BCUT2D eigenvalue weighted by Gasteiger charge is 2.16. The molecule has 0 bridgehead atoms. The van der Waals surface area contributed by atoms with Crippen LogP contribution in [0, 0.1) is 0 Å². The lowest BCUT2D eigenvalue weighted by atomic mass is 10.1. The first-order valence-electron chi connectivity index (χ1n) is 7.91.